The van der Waals surface area contributed by atoms with Crippen molar-refractivity contribution >= 4 is 23.6 Å². The Morgan fingerprint density at radius 2 is 2.05 bits per heavy atom. The van der Waals surface area contributed by atoms with Gasteiger partial charge in [-0.15, -0.1) is 0 Å². The number of thiophene rings is 1. The van der Waals surface area contributed by atoms with Crippen molar-refractivity contribution in [2.75, 3.05) is 7.05 Å². The van der Waals surface area contributed by atoms with Gasteiger partial charge in [0.05, 0.1) is 6.67 Å². The zero-order valence-corrected chi connectivity index (χ0v) is 14.1. The summed E-state index contributed by atoms with van der Waals surface area (Å²) in [5.74, 6) is 0.858. The highest BCUT2D eigenvalue weighted by molar-refractivity contribution is 7.71. The molecule has 0 saturated carbocycles. The van der Waals surface area contributed by atoms with Gasteiger partial charge in [-0.05, 0) is 53.8 Å². The van der Waals surface area contributed by atoms with Gasteiger partial charge in [-0.25, -0.2) is 4.68 Å². The number of nitrogens with zero attached hydrogens (tertiary/aromatic N) is 5. The van der Waals surface area contributed by atoms with Gasteiger partial charge in [0.15, 0.2) is 10.6 Å². The van der Waals surface area contributed by atoms with E-state index in [1.54, 1.807) is 23.7 Å². The zero-order valence-electron chi connectivity index (χ0n) is 12.5. The molecule has 0 N–H and O–H groups in total. The van der Waals surface area contributed by atoms with E-state index in [1.165, 1.54) is 5.56 Å². The van der Waals surface area contributed by atoms with Gasteiger partial charge in [-0.3, -0.25) is 9.88 Å². The van der Waals surface area contributed by atoms with Gasteiger partial charge in [-0.1, -0.05) is 0 Å². The van der Waals surface area contributed by atoms with Crippen molar-refractivity contribution in [2.45, 2.75) is 13.2 Å². The molecule has 0 aliphatic heterocycles. The normalized spacial score (nSPS) is 11.2. The Balaban J connectivity index is 1.82. The molecule has 0 aromatic carbocycles. The molecule has 0 fully saturated rings. The fourth-order valence-corrected chi connectivity index (χ4v) is 3.15. The number of hydrogen-bond donors (Lipinski definition) is 0. The first-order valence-corrected chi connectivity index (χ1v) is 8.24. The fraction of sp³-hybridized carbons (Fsp3) is 0.267. The van der Waals surface area contributed by atoms with Crippen LogP contribution in [0, 0.1) is 4.77 Å². The van der Waals surface area contributed by atoms with Crippen LogP contribution in [0.5, 0.6) is 0 Å². The van der Waals surface area contributed by atoms with Crippen LogP contribution in [0.3, 0.4) is 0 Å². The molecule has 0 spiro atoms. The van der Waals surface area contributed by atoms with E-state index in [0.29, 0.717) is 11.4 Å². The van der Waals surface area contributed by atoms with Crippen LogP contribution in [-0.2, 0) is 20.3 Å². The van der Waals surface area contributed by atoms with Crippen LogP contribution in [0.15, 0.2) is 41.4 Å². The van der Waals surface area contributed by atoms with Gasteiger partial charge in [0, 0.05) is 31.5 Å². The summed E-state index contributed by atoms with van der Waals surface area (Å²) < 4.78 is 4.50. The summed E-state index contributed by atoms with van der Waals surface area (Å²) >= 11 is 7.22. The molecule has 114 valence electrons. The van der Waals surface area contributed by atoms with Crippen molar-refractivity contribution in [3.8, 4) is 11.4 Å². The maximum absolute atomic E-state index is 5.50. The highest BCUT2D eigenvalue weighted by atomic mass is 32.1. The lowest BCUT2D eigenvalue weighted by Gasteiger charge is -2.15. The molecule has 3 aromatic rings. The smallest absolute Gasteiger partial charge is 0.199 e. The molecule has 0 radical (unpaired) electrons. The van der Waals surface area contributed by atoms with Gasteiger partial charge in [-0.2, -0.15) is 16.4 Å². The van der Waals surface area contributed by atoms with E-state index in [4.69, 9.17) is 12.2 Å². The van der Waals surface area contributed by atoms with Crippen molar-refractivity contribution in [1.82, 2.24) is 24.2 Å². The molecular formula is C15H17N5S2. The van der Waals surface area contributed by atoms with E-state index in [1.807, 2.05) is 28.4 Å². The molecule has 0 unspecified atom stereocenters. The summed E-state index contributed by atoms with van der Waals surface area (Å²) in [5.41, 5.74) is 2.33. The maximum atomic E-state index is 5.50. The average Bonchev–Trinajstić information content (AvgIpc) is 3.12. The van der Waals surface area contributed by atoms with Gasteiger partial charge in [0.2, 0.25) is 0 Å². The topological polar surface area (TPSA) is 38.9 Å². The van der Waals surface area contributed by atoms with Gasteiger partial charge in [0.25, 0.3) is 0 Å². The molecule has 0 amide bonds. The summed E-state index contributed by atoms with van der Waals surface area (Å²) in [6.07, 6.45) is 3.53. The molecule has 7 heteroatoms. The molecule has 3 aromatic heterocycles. The van der Waals surface area contributed by atoms with Gasteiger partial charge < -0.3 is 4.57 Å². The highest BCUT2D eigenvalue weighted by Crippen LogP contribution is 2.16. The Morgan fingerprint density at radius 1 is 1.27 bits per heavy atom. The third kappa shape index (κ3) is 3.16. The number of pyridine rings is 1. The molecule has 0 aliphatic rings. The Kier molecular flexibility index (Phi) is 4.47. The molecule has 5 nitrogen and oxygen atoms in total. The zero-order chi connectivity index (χ0) is 15.5. The van der Waals surface area contributed by atoms with Crippen molar-refractivity contribution in [3.63, 3.8) is 0 Å². The van der Waals surface area contributed by atoms with Crippen molar-refractivity contribution in [1.29, 1.82) is 0 Å². The monoisotopic (exact) mass is 331 g/mol. The van der Waals surface area contributed by atoms with Crippen LogP contribution < -0.4 is 0 Å². The van der Waals surface area contributed by atoms with E-state index in [9.17, 15) is 0 Å². The van der Waals surface area contributed by atoms with Crippen molar-refractivity contribution in [3.05, 3.63) is 51.7 Å². The number of rotatable bonds is 5. The fourth-order valence-electron chi connectivity index (χ4n) is 2.31. The van der Waals surface area contributed by atoms with Crippen LogP contribution >= 0.6 is 23.6 Å². The van der Waals surface area contributed by atoms with E-state index in [0.717, 1.165) is 17.9 Å². The Bertz CT molecular complexity index is 789. The number of hydrogen-bond acceptors (Lipinski definition) is 5. The Labute approximate surface area is 138 Å². The summed E-state index contributed by atoms with van der Waals surface area (Å²) in [4.78, 5) is 6.24. The lowest BCUT2D eigenvalue weighted by molar-refractivity contribution is 0.244. The van der Waals surface area contributed by atoms with Crippen molar-refractivity contribution < 1.29 is 0 Å². The van der Waals surface area contributed by atoms with Crippen LogP contribution in [-0.4, -0.2) is 31.3 Å². The standard InChI is InChI=1S/C15H17N5S2/c1-18(9-12-5-8-22-10-12)11-20-15(21)19(2)14(17-20)13-3-6-16-7-4-13/h3-8,10H,9,11H2,1-2H3. The molecule has 0 bridgehead atoms. The summed E-state index contributed by atoms with van der Waals surface area (Å²) in [6.45, 7) is 1.54. The lowest BCUT2D eigenvalue weighted by Crippen LogP contribution is -2.22. The first-order chi connectivity index (χ1) is 10.6. The average molecular weight is 331 g/mol. The highest BCUT2D eigenvalue weighted by Gasteiger charge is 2.11. The lowest BCUT2D eigenvalue weighted by atomic mass is 10.2. The Morgan fingerprint density at radius 3 is 2.73 bits per heavy atom. The second kappa shape index (κ2) is 6.51. The minimum atomic E-state index is 0.660. The molecule has 22 heavy (non-hydrogen) atoms. The van der Waals surface area contributed by atoms with Crippen molar-refractivity contribution in [2.24, 2.45) is 7.05 Å². The second-order valence-corrected chi connectivity index (χ2v) is 6.33. The summed E-state index contributed by atoms with van der Waals surface area (Å²) in [6, 6.07) is 6.02. The quantitative estimate of drug-likeness (QED) is 0.673. The molecule has 0 saturated heterocycles. The molecular weight excluding hydrogens is 314 g/mol. The minimum absolute atomic E-state index is 0.660. The van der Waals surface area contributed by atoms with E-state index < -0.39 is 0 Å². The molecule has 3 rings (SSSR count). The molecule has 0 aliphatic carbocycles. The minimum Gasteiger partial charge on any atom is -0.303 e. The summed E-state index contributed by atoms with van der Waals surface area (Å²) in [5, 5.41) is 8.92. The predicted molar refractivity (Wildman–Crippen MR) is 91.0 cm³/mol. The van der Waals surface area contributed by atoms with E-state index in [2.05, 4.69) is 38.9 Å². The summed E-state index contributed by atoms with van der Waals surface area (Å²) in [7, 11) is 4.01. The molecule has 3 heterocycles. The first kappa shape index (κ1) is 15.1. The largest absolute Gasteiger partial charge is 0.303 e. The third-order valence-corrected chi connectivity index (χ3v) is 4.60. The first-order valence-electron chi connectivity index (χ1n) is 6.89. The second-order valence-electron chi connectivity index (χ2n) is 5.19. The predicted octanol–water partition coefficient (Wildman–Crippen LogP) is 3.16. The number of aromatic nitrogens is 4. The SMILES string of the molecule is CN(Cc1ccsc1)Cn1nc(-c2ccncc2)n(C)c1=S. The van der Waals surface area contributed by atoms with E-state index in [-0.39, 0.29) is 0 Å². The third-order valence-electron chi connectivity index (χ3n) is 3.39. The maximum Gasteiger partial charge on any atom is 0.199 e. The van der Waals surface area contributed by atoms with Gasteiger partial charge >= 0.3 is 0 Å². The van der Waals surface area contributed by atoms with Crippen LogP contribution in [0.4, 0.5) is 0 Å². The van der Waals surface area contributed by atoms with Crippen LogP contribution in [0.1, 0.15) is 5.56 Å². The molecule has 0 atom stereocenters. The van der Waals surface area contributed by atoms with Crippen LogP contribution in [0.25, 0.3) is 11.4 Å². The van der Waals surface area contributed by atoms with E-state index >= 15 is 0 Å². The van der Waals surface area contributed by atoms with Gasteiger partial charge in [0.1, 0.15) is 0 Å². The Hall–Kier alpha value is -1.83. The van der Waals surface area contributed by atoms with Crippen LogP contribution in [0.2, 0.25) is 0 Å².